The number of nitrogens with two attached hydrogens (primary N) is 1. The number of methoxy groups -OCH3 is 1. The lowest BCUT2D eigenvalue weighted by Gasteiger charge is -2.23. The summed E-state index contributed by atoms with van der Waals surface area (Å²) in [5.74, 6) is 1.23. The van der Waals surface area contributed by atoms with Gasteiger partial charge < -0.3 is 20.5 Å². The lowest BCUT2D eigenvalue weighted by molar-refractivity contribution is 0.162. The Balaban J connectivity index is 1.88. The second-order valence-electron chi connectivity index (χ2n) is 4.84. The number of nitrogens with zero attached hydrogens (tertiary/aromatic N) is 2. The molecule has 0 atom stereocenters. The molecule has 0 unspecified atom stereocenters. The predicted molar refractivity (Wildman–Crippen MR) is 77.0 cm³/mol. The molecule has 0 spiro atoms. The normalized spacial score (nSPS) is 16.2. The van der Waals surface area contributed by atoms with Crippen LogP contribution in [-0.2, 0) is 0 Å². The van der Waals surface area contributed by atoms with Gasteiger partial charge in [0.1, 0.15) is 17.7 Å². The van der Waals surface area contributed by atoms with Gasteiger partial charge in [-0.05, 0) is 38.1 Å². The first kappa shape index (κ1) is 12.9. The molecule has 6 heteroatoms. The van der Waals surface area contributed by atoms with Crippen molar-refractivity contribution in [3.63, 3.8) is 0 Å². The molecule has 1 fully saturated rings. The highest BCUT2D eigenvalue weighted by atomic mass is 16.5. The Kier molecular flexibility index (Phi) is 3.56. The van der Waals surface area contributed by atoms with Crippen LogP contribution in [0.3, 0.4) is 0 Å². The summed E-state index contributed by atoms with van der Waals surface area (Å²) in [6.07, 6.45) is 2.30. The van der Waals surface area contributed by atoms with Crippen molar-refractivity contribution >= 4 is 16.7 Å². The molecule has 0 bridgehead atoms. The molecule has 2 aromatic rings. The van der Waals surface area contributed by atoms with Gasteiger partial charge in [0.25, 0.3) is 0 Å². The minimum absolute atomic E-state index is 0.259. The number of aromatic nitrogens is 2. The monoisotopic (exact) mass is 274 g/mol. The summed E-state index contributed by atoms with van der Waals surface area (Å²) in [4.78, 5) is 8.36. The minimum Gasteiger partial charge on any atom is -0.490 e. The van der Waals surface area contributed by atoms with Crippen LogP contribution >= 0.6 is 0 Å². The smallest absolute Gasteiger partial charge is 0.318 e. The van der Waals surface area contributed by atoms with Gasteiger partial charge in [-0.1, -0.05) is 0 Å². The van der Waals surface area contributed by atoms with Crippen molar-refractivity contribution in [3.05, 3.63) is 18.2 Å². The van der Waals surface area contributed by atoms with E-state index >= 15 is 0 Å². The van der Waals surface area contributed by atoms with Gasteiger partial charge in [0, 0.05) is 11.5 Å². The number of piperidine rings is 1. The first-order valence-corrected chi connectivity index (χ1v) is 6.75. The number of fused-ring (bicyclic) bond motifs is 1. The maximum absolute atomic E-state index is 5.99. The highest BCUT2D eigenvalue weighted by Crippen LogP contribution is 2.26. The Morgan fingerprint density at radius 2 is 2.05 bits per heavy atom. The lowest BCUT2D eigenvalue weighted by atomic mass is 10.1. The Labute approximate surface area is 117 Å². The van der Waals surface area contributed by atoms with E-state index in [0.29, 0.717) is 5.82 Å². The van der Waals surface area contributed by atoms with Crippen molar-refractivity contribution in [1.82, 2.24) is 15.3 Å². The van der Waals surface area contributed by atoms with Gasteiger partial charge in [-0.15, -0.1) is 0 Å². The fourth-order valence-corrected chi connectivity index (χ4v) is 2.38. The number of benzene rings is 1. The molecule has 3 N–H and O–H groups in total. The molecule has 1 aliphatic rings. The molecule has 106 valence electrons. The molecular formula is C14H18N4O2. The Hall–Kier alpha value is -2.08. The number of rotatable bonds is 3. The van der Waals surface area contributed by atoms with E-state index in [-0.39, 0.29) is 12.1 Å². The van der Waals surface area contributed by atoms with Gasteiger partial charge >= 0.3 is 6.01 Å². The summed E-state index contributed by atoms with van der Waals surface area (Å²) in [5, 5.41) is 4.13. The minimum atomic E-state index is 0.259. The molecule has 0 radical (unpaired) electrons. The maximum Gasteiger partial charge on any atom is 0.318 e. The topological polar surface area (TPSA) is 82.3 Å². The Morgan fingerprint density at radius 1 is 1.25 bits per heavy atom. The van der Waals surface area contributed by atoms with E-state index in [9.17, 15) is 0 Å². The van der Waals surface area contributed by atoms with Crippen LogP contribution in [-0.4, -0.2) is 36.3 Å². The molecule has 0 amide bonds. The summed E-state index contributed by atoms with van der Waals surface area (Å²) in [5.41, 5.74) is 6.62. The third-order valence-corrected chi connectivity index (χ3v) is 3.45. The molecule has 3 rings (SSSR count). The van der Waals surface area contributed by atoms with E-state index in [1.807, 2.05) is 18.2 Å². The summed E-state index contributed by atoms with van der Waals surface area (Å²) in [6, 6.07) is 5.96. The standard InChI is InChI=1S/C14H18N4O2/c1-19-14-17-12-8-10(2-3-11(12)13(15)18-14)20-9-4-6-16-7-5-9/h2-3,8-9,16H,4-7H2,1H3,(H2,15,17,18). The van der Waals surface area contributed by atoms with E-state index in [2.05, 4.69) is 15.3 Å². The van der Waals surface area contributed by atoms with E-state index in [1.54, 1.807) is 0 Å². The highest BCUT2D eigenvalue weighted by Gasteiger charge is 2.15. The van der Waals surface area contributed by atoms with Crippen molar-refractivity contribution in [2.24, 2.45) is 0 Å². The molecule has 6 nitrogen and oxygen atoms in total. The molecule has 1 saturated heterocycles. The summed E-state index contributed by atoms with van der Waals surface area (Å²) < 4.78 is 11.0. The fourth-order valence-electron chi connectivity index (χ4n) is 2.38. The van der Waals surface area contributed by atoms with Gasteiger partial charge in [0.15, 0.2) is 0 Å². The SMILES string of the molecule is COc1nc(N)c2ccc(OC3CCNCC3)cc2n1. The summed E-state index contributed by atoms with van der Waals surface area (Å²) >= 11 is 0. The molecule has 1 aromatic carbocycles. The number of nitrogens with one attached hydrogen (secondary N) is 1. The predicted octanol–water partition coefficient (Wildman–Crippen LogP) is 1.35. The molecule has 20 heavy (non-hydrogen) atoms. The number of nitrogen functional groups attached to an aromatic ring is 1. The zero-order valence-corrected chi connectivity index (χ0v) is 11.4. The average molecular weight is 274 g/mol. The average Bonchev–Trinajstić information content (AvgIpc) is 2.48. The van der Waals surface area contributed by atoms with Crippen molar-refractivity contribution in [1.29, 1.82) is 0 Å². The van der Waals surface area contributed by atoms with E-state index in [0.717, 1.165) is 42.6 Å². The summed E-state index contributed by atoms with van der Waals surface area (Å²) in [7, 11) is 1.52. The van der Waals surface area contributed by atoms with Crippen LogP contribution in [0, 0.1) is 0 Å². The second kappa shape index (κ2) is 5.50. The third kappa shape index (κ3) is 2.60. The van der Waals surface area contributed by atoms with Crippen LogP contribution in [0.15, 0.2) is 18.2 Å². The Morgan fingerprint density at radius 3 is 2.80 bits per heavy atom. The number of ether oxygens (including phenoxy) is 2. The number of hydrogen-bond donors (Lipinski definition) is 2. The van der Waals surface area contributed by atoms with Gasteiger partial charge in [-0.2, -0.15) is 9.97 Å². The first-order valence-electron chi connectivity index (χ1n) is 6.75. The molecule has 1 aromatic heterocycles. The first-order chi connectivity index (χ1) is 9.76. The van der Waals surface area contributed by atoms with Crippen LogP contribution in [0.1, 0.15) is 12.8 Å². The van der Waals surface area contributed by atoms with Gasteiger partial charge in [-0.25, -0.2) is 0 Å². The summed E-state index contributed by atoms with van der Waals surface area (Å²) in [6.45, 7) is 2.00. The number of anilines is 1. The van der Waals surface area contributed by atoms with Crippen LogP contribution < -0.4 is 20.5 Å². The van der Waals surface area contributed by atoms with E-state index in [4.69, 9.17) is 15.2 Å². The second-order valence-corrected chi connectivity index (χ2v) is 4.84. The third-order valence-electron chi connectivity index (χ3n) is 3.45. The Bertz CT molecular complexity index is 611. The van der Waals surface area contributed by atoms with Crippen LogP contribution in [0.2, 0.25) is 0 Å². The molecule has 0 saturated carbocycles. The highest BCUT2D eigenvalue weighted by molar-refractivity contribution is 5.89. The molecule has 2 heterocycles. The van der Waals surface area contributed by atoms with Crippen LogP contribution in [0.5, 0.6) is 11.8 Å². The van der Waals surface area contributed by atoms with Crippen molar-refractivity contribution in [3.8, 4) is 11.8 Å². The van der Waals surface area contributed by atoms with Crippen molar-refractivity contribution in [2.45, 2.75) is 18.9 Å². The fraction of sp³-hybridized carbons (Fsp3) is 0.429. The van der Waals surface area contributed by atoms with Gasteiger partial charge in [0.05, 0.1) is 12.6 Å². The molecular weight excluding hydrogens is 256 g/mol. The van der Waals surface area contributed by atoms with E-state index in [1.165, 1.54) is 7.11 Å². The van der Waals surface area contributed by atoms with Crippen LogP contribution in [0.4, 0.5) is 5.82 Å². The van der Waals surface area contributed by atoms with Crippen LogP contribution in [0.25, 0.3) is 10.9 Å². The maximum atomic E-state index is 5.99. The molecule has 1 aliphatic heterocycles. The zero-order chi connectivity index (χ0) is 13.9. The zero-order valence-electron chi connectivity index (χ0n) is 11.4. The largest absolute Gasteiger partial charge is 0.490 e. The quantitative estimate of drug-likeness (QED) is 0.879. The van der Waals surface area contributed by atoms with Gasteiger partial charge in [-0.3, -0.25) is 0 Å². The van der Waals surface area contributed by atoms with Crippen molar-refractivity contribution < 1.29 is 9.47 Å². The van der Waals surface area contributed by atoms with Gasteiger partial charge in [0.2, 0.25) is 0 Å². The van der Waals surface area contributed by atoms with E-state index < -0.39 is 0 Å². The number of hydrogen-bond acceptors (Lipinski definition) is 6. The molecule has 0 aliphatic carbocycles. The van der Waals surface area contributed by atoms with Crippen molar-refractivity contribution in [2.75, 3.05) is 25.9 Å². The lowest BCUT2D eigenvalue weighted by Crippen LogP contribution is -2.34.